The first kappa shape index (κ1) is 19.1. The third-order valence-electron chi connectivity index (χ3n) is 5.22. The zero-order valence-electron chi connectivity index (χ0n) is 15.6. The second-order valence-electron chi connectivity index (χ2n) is 6.96. The molecule has 2 heterocycles. The van der Waals surface area contributed by atoms with E-state index in [0.29, 0.717) is 56.4 Å². The van der Waals surface area contributed by atoms with Crippen LogP contribution in [0.15, 0.2) is 24.3 Å². The van der Waals surface area contributed by atoms with Crippen molar-refractivity contribution in [3.8, 4) is 0 Å². The second-order valence-corrected chi connectivity index (χ2v) is 6.96. The predicted octanol–water partition coefficient (Wildman–Crippen LogP) is 1.44. The molecule has 1 aromatic rings. The molecule has 0 bridgehead atoms. The highest BCUT2D eigenvalue weighted by Gasteiger charge is 2.34. The summed E-state index contributed by atoms with van der Waals surface area (Å²) in [5.74, 6) is -0.514. The molecule has 144 valence electrons. The lowest BCUT2D eigenvalue weighted by Crippen LogP contribution is -2.43. The van der Waals surface area contributed by atoms with E-state index in [1.807, 2.05) is 6.92 Å². The smallest absolute Gasteiger partial charge is 0.261 e. The lowest BCUT2D eigenvalue weighted by Gasteiger charge is -2.31. The quantitative estimate of drug-likeness (QED) is 0.767. The molecule has 2 aliphatic rings. The van der Waals surface area contributed by atoms with Crippen molar-refractivity contribution in [1.29, 1.82) is 0 Å². The first-order valence-electron chi connectivity index (χ1n) is 9.53. The molecule has 7 nitrogen and oxygen atoms in total. The molecule has 0 aromatic heterocycles. The largest absolute Gasteiger partial charge is 0.356 e. The van der Waals surface area contributed by atoms with E-state index in [1.54, 1.807) is 29.2 Å². The van der Waals surface area contributed by atoms with Crippen molar-refractivity contribution in [2.45, 2.75) is 32.6 Å². The first-order chi connectivity index (χ1) is 13.0. The zero-order valence-corrected chi connectivity index (χ0v) is 15.6. The van der Waals surface area contributed by atoms with Crippen LogP contribution in [-0.2, 0) is 9.59 Å². The van der Waals surface area contributed by atoms with E-state index in [9.17, 15) is 19.2 Å². The van der Waals surface area contributed by atoms with Crippen molar-refractivity contribution >= 4 is 23.6 Å². The van der Waals surface area contributed by atoms with Crippen LogP contribution in [-0.4, -0.2) is 59.6 Å². The molecule has 7 heteroatoms. The second kappa shape index (κ2) is 8.33. The molecular weight excluding hydrogens is 346 g/mol. The Morgan fingerprint density at radius 2 is 1.67 bits per heavy atom. The van der Waals surface area contributed by atoms with Crippen molar-refractivity contribution in [1.82, 2.24) is 15.1 Å². The maximum atomic E-state index is 12.4. The van der Waals surface area contributed by atoms with Crippen LogP contribution < -0.4 is 5.32 Å². The van der Waals surface area contributed by atoms with E-state index in [1.165, 1.54) is 4.90 Å². The van der Waals surface area contributed by atoms with E-state index in [2.05, 4.69) is 5.32 Å². The molecule has 0 unspecified atom stereocenters. The molecule has 3 rings (SSSR count). The van der Waals surface area contributed by atoms with Gasteiger partial charge in [0.15, 0.2) is 0 Å². The summed E-state index contributed by atoms with van der Waals surface area (Å²) in [5.41, 5.74) is 0.863. The normalized spacial score (nSPS) is 17.2. The van der Waals surface area contributed by atoms with Crippen LogP contribution in [0.3, 0.4) is 0 Å². The number of hydrogen-bond acceptors (Lipinski definition) is 4. The molecule has 1 fully saturated rings. The van der Waals surface area contributed by atoms with Crippen LogP contribution in [0.2, 0.25) is 0 Å². The predicted molar refractivity (Wildman–Crippen MR) is 99.0 cm³/mol. The van der Waals surface area contributed by atoms with Gasteiger partial charge in [0.05, 0.1) is 11.1 Å². The highest BCUT2D eigenvalue weighted by atomic mass is 16.2. The van der Waals surface area contributed by atoms with Crippen LogP contribution in [0.5, 0.6) is 0 Å². The van der Waals surface area contributed by atoms with Crippen molar-refractivity contribution in [3.05, 3.63) is 35.4 Å². The van der Waals surface area contributed by atoms with E-state index in [-0.39, 0.29) is 36.1 Å². The fourth-order valence-electron chi connectivity index (χ4n) is 3.70. The molecule has 4 amide bonds. The number of nitrogens with one attached hydrogen (secondary N) is 1. The summed E-state index contributed by atoms with van der Waals surface area (Å²) in [5, 5.41) is 2.83. The summed E-state index contributed by atoms with van der Waals surface area (Å²) in [6.07, 6.45) is 2.09. The van der Waals surface area contributed by atoms with Gasteiger partial charge < -0.3 is 10.2 Å². The van der Waals surface area contributed by atoms with Crippen molar-refractivity contribution < 1.29 is 19.2 Å². The topological polar surface area (TPSA) is 86.8 Å². The molecule has 2 aliphatic heterocycles. The Balaban J connectivity index is 1.44. The minimum Gasteiger partial charge on any atom is -0.356 e. The lowest BCUT2D eigenvalue weighted by molar-refractivity contribution is -0.135. The van der Waals surface area contributed by atoms with Gasteiger partial charge in [-0.1, -0.05) is 12.1 Å². The Hall–Kier alpha value is -2.70. The number of imide groups is 1. The third kappa shape index (κ3) is 4.02. The number of amides is 4. The van der Waals surface area contributed by atoms with Crippen molar-refractivity contribution in [3.63, 3.8) is 0 Å². The van der Waals surface area contributed by atoms with Gasteiger partial charge in [-0.15, -0.1) is 0 Å². The maximum absolute atomic E-state index is 12.4. The molecule has 1 N–H and O–H groups in total. The Kier molecular flexibility index (Phi) is 5.88. The molecule has 0 spiro atoms. The maximum Gasteiger partial charge on any atom is 0.261 e. The number of carbonyl (C=O) groups excluding carboxylic acids is 4. The van der Waals surface area contributed by atoms with Crippen LogP contribution in [0.25, 0.3) is 0 Å². The van der Waals surface area contributed by atoms with Crippen LogP contribution in [0.4, 0.5) is 0 Å². The summed E-state index contributed by atoms with van der Waals surface area (Å²) < 4.78 is 0. The summed E-state index contributed by atoms with van der Waals surface area (Å²) >= 11 is 0. The molecule has 0 aliphatic carbocycles. The Morgan fingerprint density at radius 3 is 2.22 bits per heavy atom. The van der Waals surface area contributed by atoms with Gasteiger partial charge in [0.1, 0.15) is 0 Å². The molecule has 0 saturated carbocycles. The van der Waals surface area contributed by atoms with Gasteiger partial charge in [0, 0.05) is 38.5 Å². The minimum atomic E-state index is -0.286. The SMILES string of the molecule is CCNC(=O)C1CCN(C(=O)CCCN2C(=O)c3ccccc3C2=O)CC1. The summed E-state index contributed by atoms with van der Waals surface area (Å²) in [6.45, 7) is 3.91. The summed E-state index contributed by atoms with van der Waals surface area (Å²) in [4.78, 5) is 51.9. The lowest BCUT2D eigenvalue weighted by atomic mass is 9.95. The number of likely N-dealkylation sites (tertiary alicyclic amines) is 1. The summed E-state index contributed by atoms with van der Waals surface area (Å²) in [7, 11) is 0. The molecule has 27 heavy (non-hydrogen) atoms. The van der Waals surface area contributed by atoms with Crippen molar-refractivity contribution in [2.75, 3.05) is 26.2 Å². The number of rotatable bonds is 6. The van der Waals surface area contributed by atoms with Gasteiger partial charge in [-0.25, -0.2) is 0 Å². The average Bonchev–Trinajstić information content (AvgIpc) is 2.93. The molecular formula is C20H25N3O4. The van der Waals surface area contributed by atoms with Gasteiger partial charge in [-0.2, -0.15) is 0 Å². The zero-order chi connectivity index (χ0) is 19.4. The summed E-state index contributed by atoms with van der Waals surface area (Å²) in [6, 6.07) is 6.78. The van der Waals surface area contributed by atoms with E-state index < -0.39 is 0 Å². The number of carbonyl (C=O) groups is 4. The fourth-order valence-corrected chi connectivity index (χ4v) is 3.70. The average molecular weight is 371 g/mol. The highest BCUT2D eigenvalue weighted by molar-refractivity contribution is 6.21. The molecule has 0 atom stereocenters. The third-order valence-corrected chi connectivity index (χ3v) is 5.22. The molecule has 1 saturated heterocycles. The number of hydrogen-bond donors (Lipinski definition) is 1. The Morgan fingerprint density at radius 1 is 1.07 bits per heavy atom. The van der Waals surface area contributed by atoms with Gasteiger partial charge >= 0.3 is 0 Å². The van der Waals surface area contributed by atoms with Crippen molar-refractivity contribution in [2.24, 2.45) is 5.92 Å². The number of piperidine rings is 1. The highest BCUT2D eigenvalue weighted by Crippen LogP contribution is 2.23. The van der Waals surface area contributed by atoms with Gasteiger partial charge in [-0.05, 0) is 38.3 Å². The fraction of sp³-hybridized carbons (Fsp3) is 0.500. The van der Waals surface area contributed by atoms with E-state index in [0.717, 1.165) is 0 Å². The Labute approximate surface area is 158 Å². The van der Waals surface area contributed by atoms with E-state index in [4.69, 9.17) is 0 Å². The minimum absolute atomic E-state index is 0.0148. The number of fused-ring (bicyclic) bond motifs is 1. The van der Waals surface area contributed by atoms with Crippen LogP contribution in [0.1, 0.15) is 53.3 Å². The molecule has 0 radical (unpaired) electrons. The van der Waals surface area contributed by atoms with E-state index >= 15 is 0 Å². The standard InChI is InChI=1S/C20H25N3O4/c1-2-21-18(25)14-9-12-22(13-10-14)17(24)8-5-11-23-19(26)15-6-3-4-7-16(15)20(23)27/h3-4,6-7,14H,2,5,8-13H2,1H3,(H,21,25). The number of benzene rings is 1. The van der Waals surface area contributed by atoms with Crippen LogP contribution >= 0.6 is 0 Å². The van der Waals surface area contributed by atoms with Gasteiger partial charge in [0.25, 0.3) is 11.8 Å². The molecule has 1 aromatic carbocycles. The monoisotopic (exact) mass is 371 g/mol. The first-order valence-corrected chi connectivity index (χ1v) is 9.53. The van der Waals surface area contributed by atoms with Crippen LogP contribution in [0, 0.1) is 5.92 Å². The van der Waals surface area contributed by atoms with Gasteiger partial charge in [0.2, 0.25) is 11.8 Å². The Bertz CT molecular complexity index is 718. The number of nitrogens with zero attached hydrogens (tertiary/aromatic N) is 2. The van der Waals surface area contributed by atoms with Gasteiger partial charge in [-0.3, -0.25) is 24.1 Å².